The molecule has 0 amide bonds. The van der Waals surface area contributed by atoms with E-state index < -0.39 is 6.36 Å². The highest BCUT2D eigenvalue weighted by Gasteiger charge is 2.31. The van der Waals surface area contributed by atoms with Crippen LogP contribution in [0.1, 0.15) is 33.1 Å². The lowest BCUT2D eigenvalue weighted by atomic mass is 9.84. The van der Waals surface area contributed by atoms with Gasteiger partial charge in [0.25, 0.3) is 0 Å². The van der Waals surface area contributed by atoms with E-state index in [4.69, 9.17) is 4.84 Å². The van der Waals surface area contributed by atoms with Gasteiger partial charge in [0.05, 0.1) is 11.3 Å². The highest BCUT2D eigenvalue weighted by molar-refractivity contribution is 7.99. The van der Waals surface area contributed by atoms with Gasteiger partial charge in [0.15, 0.2) is 5.78 Å². The smallest absolute Gasteiger partial charge is 0.511 e. The summed E-state index contributed by atoms with van der Waals surface area (Å²) in [6.07, 6.45) is -3.31. The molecule has 0 saturated carbocycles. The van der Waals surface area contributed by atoms with Crippen molar-refractivity contribution in [1.82, 2.24) is 0 Å². The van der Waals surface area contributed by atoms with Crippen molar-refractivity contribution in [2.45, 2.75) is 44.4 Å². The van der Waals surface area contributed by atoms with Crippen LogP contribution in [-0.2, 0) is 9.63 Å². The molecule has 2 rings (SSSR count). The Morgan fingerprint density at radius 1 is 1.29 bits per heavy atom. The first kappa shape index (κ1) is 22.1. The van der Waals surface area contributed by atoms with Gasteiger partial charge in [-0.25, -0.2) is 0 Å². The Morgan fingerprint density at radius 2 is 1.96 bits per heavy atom. The number of allylic oxidation sites excluding steroid dienone is 2. The number of ketones is 1. The Morgan fingerprint density at radius 3 is 2.54 bits per heavy atom. The second kappa shape index (κ2) is 9.86. The minimum absolute atomic E-state index is 0.0106. The zero-order chi connectivity index (χ0) is 20.7. The van der Waals surface area contributed by atoms with Gasteiger partial charge in [-0.2, -0.15) is 0 Å². The number of alkyl halides is 3. The maximum Gasteiger partial charge on any atom is 0.573 e. The number of rotatable bonds is 8. The molecule has 1 aliphatic rings. The van der Waals surface area contributed by atoms with Gasteiger partial charge in [0.2, 0.25) is 0 Å². The van der Waals surface area contributed by atoms with Crippen LogP contribution in [0.2, 0.25) is 0 Å². The summed E-state index contributed by atoms with van der Waals surface area (Å²) in [6, 6.07) is 5.64. The van der Waals surface area contributed by atoms with Crippen molar-refractivity contribution < 1.29 is 32.6 Å². The first-order chi connectivity index (χ1) is 13.2. The SMILES string of the molecule is CCON=C(C)C1=C(O)CC(CCSc2ccc(OC(F)(F)F)cc2)CC1=O. The number of thioether (sulfide) groups is 1. The Balaban J connectivity index is 1.86. The molecule has 1 atom stereocenters. The van der Waals surface area contributed by atoms with Crippen LogP contribution in [0.15, 0.2) is 45.6 Å². The van der Waals surface area contributed by atoms with Crippen LogP contribution in [0, 0.1) is 5.92 Å². The first-order valence-electron chi connectivity index (χ1n) is 8.80. The quantitative estimate of drug-likeness (QED) is 0.355. The molecule has 0 aromatic heterocycles. The molecule has 1 aliphatic carbocycles. The number of benzene rings is 1. The number of nitrogens with zero attached hydrogens (tertiary/aromatic N) is 1. The van der Waals surface area contributed by atoms with E-state index in [0.717, 1.165) is 4.90 Å². The van der Waals surface area contributed by atoms with Crippen LogP contribution >= 0.6 is 11.8 Å². The molecule has 5 nitrogen and oxygen atoms in total. The number of hydrogen-bond acceptors (Lipinski definition) is 6. The van der Waals surface area contributed by atoms with E-state index in [1.54, 1.807) is 26.0 Å². The van der Waals surface area contributed by atoms with Crippen molar-refractivity contribution in [2.24, 2.45) is 11.1 Å². The number of aliphatic hydroxyl groups is 1. The zero-order valence-electron chi connectivity index (χ0n) is 15.6. The number of ether oxygens (including phenoxy) is 1. The molecule has 0 bridgehead atoms. The van der Waals surface area contributed by atoms with Gasteiger partial charge in [-0.05, 0) is 56.2 Å². The van der Waals surface area contributed by atoms with E-state index in [1.807, 2.05) is 0 Å². The lowest BCUT2D eigenvalue weighted by Crippen LogP contribution is -2.24. The largest absolute Gasteiger partial charge is 0.573 e. The van der Waals surface area contributed by atoms with Gasteiger partial charge in [-0.3, -0.25) is 4.79 Å². The highest BCUT2D eigenvalue weighted by atomic mass is 32.2. The van der Waals surface area contributed by atoms with Crippen molar-refractivity contribution in [1.29, 1.82) is 0 Å². The van der Waals surface area contributed by atoms with Gasteiger partial charge >= 0.3 is 6.36 Å². The van der Waals surface area contributed by atoms with Gasteiger partial charge in [-0.15, -0.1) is 24.9 Å². The Labute approximate surface area is 165 Å². The molecule has 0 fully saturated rings. The van der Waals surface area contributed by atoms with Gasteiger partial charge in [0, 0.05) is 17.7 Å². The molecule has 1 unspecified atom stereocenters. The standard InChI is InChI=1S/C19H22F3NO4S/c1-3-26-23-12(2)18-16(24)10-13(11-17(18)25)8-9-28-15-6-4-14(5-7-15)27-19(20,21)22/h4-7,13,24H,3,8-11H2,1-2H3. The Kier molecular flexibility index (Phi) is 7.79. The molecule has 28 heavy (non-hydrogen) atoms. The van der Waals surface area contributed by atoms with Gasteiger partial charge in [-0.1, -0.05) is 5.16 Å². The van der Waals surface area contributed by atoms with Crippen molar-refractivity contribution in [2.75, 3.05) is 12.4 Å². The van der Waals surface area contributed by atoms with Crippen molar-refractivity contribution in [3.63, 3.8) is 0 Å². The van der Waals surface area contributed by atoms with Gasteiger partial charge in [0.1, 0.15) is 18.1 Å². The summed E-state index contributed by atoms with van der Waals surface area (Å²) in [5, 5.41) is 14.0. The lowest BCUT2D eigenvalue weighted by Gasteiger charge is -2.23. The van der Waals surface area contributed by atoms with E-state index >= 15 is 0 Å². The number of halogens is 3. The average Bonchev–Trinajstić information content (AvgIpc) is 2.59. The number of oxime groups is 1. The summed E-state index contributed by atoms with van der Waals surface area (Å²) in [7, 11) is 0. The van der Waals surface area contributed by atoms with Crippen molar-refractivity contribution in [3.8, 4) is 5.75 Å². The maximum atomic E-state index is 12.3. The molecule has 1 N–H and O–H groups in total. The monoisotopic (exact) mass is 417 g/mol. The van der Waals surface area contributed by atoms with E-state index in [1.165, 1.54) is 23.9 Å². The lowest BCUT2D eigenvalue weighted by molar-refractivity contribution is -0.274. The number of Topliss-reactive ketones (excluding diaryl/α,β-unsaturated/α-hetero) is 1. The zero-order valence-corrected chi connectivity index (χ0v) is 16.4. The molecule has 0 heterocycles. The summed E-state index contributed by atoms with van der Waals surface area (Å²) < 4.78 is 40.3. The van der Waals surface area contributed by atoms with E-state index in [9.17, 15) is 23.1 Å². The summed E-state index contributed by atoms with van der Waals surface area (Å²) >= 11 is 1.47. The van der Waals surface area contributed by atoms with Crippen LogP contribution in [0.4, 0.5) is 13.2 Å². The molecule has 9 heteroatoms. The van der Waals surface area contributed by atoms with Crippen LogP contribution in [0.3, 0.4) is 0 Å². The van der Waals surface area contributed by atoms with Crippen LogP contribution < -0.4 is 4.74 Å². The normalized spacial score (nSPS) is 18.4. The van der Waals surface area contributed by atoms with Crippen LogP contribution in [0.25, 0.3) is 0 Å². The molecule has 0 aliphatic heterocycles. The molecule has 154 valence electrons. The van der Waals surface area contributed by atoms with E-state index in [2.05, 4.69) is 9.89 Å². The highest BCUT2D eigenvalue weighted by Crippen LogP contribution is 2.32. The molecular formula is C19H22F3NO4S. The van der Waals surface area contributed by atoms with Crippen molar-refractivity contribution in [3.05, 3.63) is 35.6 Å². The second-order valence-electron chi connectivity index (χ2n) is 6.27. The van der Waals surface area contributed by atoms with Crippen LogP contribution in [0.5, 0.6) is 5.75 Å². The summed E-state index contributed by atoms with van der Waals surface area (Å²) in [5.41, 5.74) is 0.607. The second-order valence-corrected chi connectivity index (χ2v) is 7.44. The summed E-state index contributed by atoms with van der Waals surface area (Å²) in [4.78, 5) is 18.1. The first-order valence-corrected chi connectivity index (χ1v) is 9.79. The number of carbonyl (C=O) groups is 1. The molecule has 0 radical (unpaired) electrons. The average molecular weight is 417 g/mol. The molecule has 0 spiro atoms. The number of aliphatic hydroxyl groups excluding tert-OH is 1. The third-order valence-electron chi connectivity index (χ3n) is 4.07. The molecular weight excluding hydrogens is 395 g/mol. The summed E-state index contributed by atoms with van der Waals surface area (Å²) in [5.74, 6) is 0.290. The number of carbonyl (C=O) groups excluding carboxylic acids is 1. The van der Waals surface area contributed by atoms with Crippen molar-refractivity contribution >= 4 is 23.3 Å². The molecule has 0 saturated heterocycles. The fourth-order valence-corrected chi connectivity index (χ4v) is 3.89. The van der Waals surface area contributed by atoms with Gasteiger partial charge < -0.3 is 14.7 Å². The Hall–Kier alpha value is -2.16. The minimum atomic E-state index is -4.71. The van der Waals surface area contributed by atoms with E-state index in [-0.39, 0.29) is 28.8 Å². The maximum absolute atomic E-state index is 12.3. The Bertz CT molecular complexity index is 745. The fourth-order valence-electron chi connectivity index (χ4n) is 2.88. The summed E-state index contributed by atoms with van der Waals surface area (Å²) in [6.45, 7) is 3.78. The predicted molar refractivity (Wildman–Crippen MR) is 101 cm³/mol. The molecule has 1 aromatic carbocycles. The number of hydrogen-bond donors (Lipinski definition) is 1. The third kappa shape index (κ3) is 6.78. The topological polar surface area (TPSA) is 68.1 Å². The van der Waals surface area contributed by atoms with Crippen LogP contribution in [-0.4, -0.2) is 35.3 Å². The third-order valence-corrected chi connectivity index (χ3v) is 5.11. The fraction of sp³-hybridized carbons (Fsp3) is 0.474. The molecule has 1 aromatic rings. The van der Waals surface area contributed by atoms with E-state index in [0.29, 0.717) is 37.3 Å². The minimum Gasteiger partial charge on any atom is -0.511 e. The predicted octanol–water partition coefficient (Wildman–Crippen LogP) is 5.27.